The second-order valence-electron chi connectivity index (χ2n) is 7.03. The Morgan fingerprint density at radius 3 is 2.72 bits per heavy atom. The van der Waals surface area contributed by atoms with Crippen LogP contribution >= 0.6 is 0 Å². The molecular formula is C20H30N4O. The Hall–Kier alpha value is -2.30. The van der Waals surface area contributed by atoms with Gasteiger partial charge in [0, 0.05) is 33.7 Å². The van der Waals surface area contributed by atoms with Crippen molar-refractivity contribution < 1.29 is 4.79 Å². The molecule has 0 saturated carbocycles. The molecule has 1 atom stereocenters. The highest BCUT2D eigenvalue weighted by Gasteiger charge is 2.25. The highest BCUT2D eigenvalue weighted by Crippen LogP contribution is 2.21. The van der Waals surface area contributed by atoms with Crippen molar-refractivity contribution in [2.45, 2.75) is 19.8 Å². The van der Waals surface area contributed by atoms with Crippen LogP contribution in [0.5, 0.6) is 0 Å². The minimum Gasteiger partial charge on any atom is -0.353 e. The summed E-state index contributed by atoms with van der Waals surface area (Å²) in [7, 11) is 3.51. The van der Waals surface area contributed by atoms with E-state index in [1.54, 1.807) is 19.0 Å². The maximum atomic E-state index is 11.9. The van der Waals surface area contributed by atoms with Gasteiger partial charge in [0.2, 0.25) is 5.91 Å². The van der Waals surface area contributed by atoms with Gasteiger partial charge in [-0.25, -0.2) is 4.99 Å². The lowest BCUT2D eigenvalue weighted by molar-refractivity contribution is -0.127. The Morgan fingerprint density at radius 1 is 1.36 bits per heavy atom. The predicted molar refractivity (Wildman–Crippen MR) is 104 cm³/mol. The summed E-state index contributed by atoms with van der Waals surface area (Å²) >= 11 is 0. The van der Waals surface area contributed by atoms with Gasteiger partial charge in [0.05, 0.1) is 0 Å². The van der Waals surface area contributed by atoms with Gasteiger partial charge in [-0.15, -0.1) is 0 Å². The molecule has 1 aliphatic rings. The molecule has 2 rings (SSSR count). The molecular weight excluding hydrogens is 312 g/mol. The second-order valence-corrected chi connectivity index (χ2v) is 7.03. The third-order valence-electron chi connectivity index (χ3n) is 4.36. The van der Waals surface area contributed by atoms with Crippen molar-refractivity contribution in [3.8, 4) is 0 Å². The van der Waals surface area contributed by atoms with Crippen LogP contribution in [0.1, 0.15) is 18.9 Å². The molecule has 136 valence electrons. The molecule has 5 heteroatoms. The fraction of sp³-hybridized carbons (Fsp3) is 0.500. The molecule has 1 aromatic rings. The average Bonchev–Trinajstić information content (AvgIpc) is 3.03. The smallest absolute Gasteiger partial charge is 0.243 e. The molecule has 1 aliphatic heterocycles. The standard InChI is InChI=1S/C20H30N4O/c1-16(2)13-21-20(22-14-19(25)23(3)4)24-11-10-18(15-24)12-17-8-6-5-7-9-17/h5-9,18H,1,10-15H2,2-4H3,(H,21,22). The van der Waals surface area contributed by atoms with Crippen molar-refractivity contribution in [3.63, 3.8) is 0 Å². The topological polar surface area (TPSA) is 47.9 Å². The van der Waals surface area contributed by atoms with Crippen LogP contribution in [0, 0.1) is 5.92 Å². The van der Waals surface area contributed by atoms with Gasteiger partial charge in [0.25, 0.3) is 0 Å². The van der Waals surface area contributed by atoms with Gasteiger partial charge < -0.3 is 15.1 Å². The zero-order valence-corrected chi connectivity index (χ0v) is 15.7. The number of benzene rings is 1. The summed E-state index contributed by atoms with van der Waals surface area (Å²) in [6.07, 6.45) is 2.23. The summed E-state index contributed by atoms with van der Waals surface area (Å²) in [6, 6.07) is 10.6. The molecule has 0 bridgehead atoms. The monoisotopic (exact) mass is 342 g/mol. The van der Waals surface area contributed by atoms with Crippen LogP contribution in [0.3, 0.4) is 0 Å². The van der Waals surface area contributed by atoms with Gasteiger partial charge in [-0.2, -0.15) is 0 Å². The Labute approximate surface area is 151 Å². The van der Waals surface area contributed by atoms with E-state index in [4.69, 9.17) is 0 Å². The second kappa shape index (κ2) is 9.25. The molecule has 25 heavy (non-hydrogen) atoms. The number of carbonyl (C=O) groups excluding carboxylic acids is 1. The lowest BCUT2D eigenvalue weighted by Gasteiger charge is -2.22. The van der Waals surface area contributed by atoms with Crippen molar-refractivity contribution in [1.82, 2.24) is 15.1 Å². The SMILES string of the molecule is C=C(C)CNC(=NCC(=O)N(C)C)N1CCC(Cc2ccccc2)C1. The third-order valence-corrected chi connectivity index (χ3v) is 4.36. The van der Waals surface area contributed by atoms with Crippen molar-refractivity contribution in [2.75, 3.05) is 40.3 Å². The van der Waals surface area contributed by atoms with Gasteiger partial charge in [-0.05, 0) is 31.2 Å². The molecule has 0 aromatic heterocycles. The lowest BCUT2D eigenvalue weighted by atomic mass is 9.99. The molecule has 1 saturated heterocycles. The van der Waals surface area contributed by atoms with Crippen LogP contribution in [0.25, 0.3) is 0 Å². The summed E-state index contributed by atoms with van der Waals surface area (Å²) in [5, 5.41) is 3.35. The molecule has 1 amide bonds. The minimum atomic E-state index is 0.00894. The van der Waals surface area contributed by atoms with E-state index in [2.05, 4.69) is 52.1 Å². The van der Waals surface area contributed by atoms with Crippen LogP contribution in [0.4, 0.5) is 0 Å². The number of rotatable bonds is 6. The van der Waals surface area contributed by atoms with Gasteiger partial charge in [0.1, 0.15) is 6.54 Å². The first kappa shape index (κ1) is 19.0. The van der Waals surface area contributed by atoms with Gasteiger partial charge in [-0.1, -0.05) is 42.5 Å². The Bertz CT molecular complexity index is 609. The zero-order valence-electron chi connectivity index (χ0n) is 15.7. The van der Waals surface area contributed by atoms with Gasteiger partial charge >= 0.3 is 0 Å². The van der Waals surface area contributed by atoms with Crippen molar-refractivity contribution in [1.29, 1.82) is 0 Å². The summed E-state index contributed by atoms with van der Waals surface area (Å²) in [6.45, 7) is 8.70. The molecule has 0 radical (unpaired) electrons. The number of aliphatic imine (C=N–C) groups is 1. The molecule has 1 heterocycles. The van der Waals surface area contributed by atoms with Crippen molar-refractivity contribution in [3.05, 3.63) is 48.0 Å². The lowest BCUT2D eigenvalue weighted by Crippen LogP contribution is -2.41. The number of hydrogen-bond acceptors (Lipinski definition) is 2. The number of hydrogen-bond donors (Lipinski definition) is 1. The normalized spacial score (nSPS) is 17.5. The summed E-state index contributed by atoms with van der Waals surface area (Å²) in [5.41, 5.74) is 2.43. The Kier molecular flexibility index (Phi) is 7.04. The number of likely N-dealkylation sites (tertiary alicyclic amines) is 1. The fourth-order valence-corrected chi connectivity index (χ4v) is 2.92. The first-order chi connectivity index (χ1) is 12.0. The van der Waals surface area contributed by atoms with Crippen LogP contribution < -0.4 is 5.32 Å². The Balaban J connectivity index is 1.98. The molecule has 1 N–H and O–H groups in total. The number of nitrogens with one attached hydrogen (secondary N) is 1. The third kappa shape index (κ3) is 6.25. The van der Waals surface area contributed by atoms with E-state index in [0.717, 1.165) is 37.5 Å². The van der Waals surface area contributed by atoms with E-state index in [0.29, 0.717) is 12.5 Å². The quantitative estimate of drug-likeness (QED) is 0.490. The molecule has 1 aromatic carbocycles. The number of likely N-dealkylation sites (N-methyl/N-ethyl adjacent to an activating group) is 1. The van der Waals surface area contributed by atoms with E-state index < -0.39 is 0 Å². The van der Waals surface area contributed by atoms with E-state index >= 15 is 0 Å². The predicted octanol–water partition coefficient (Wildman–Crippen LogP) is 2.16. The first-order valence-corrected chi connectivity index (χ1v) is 8.87. The van der Waals surface area contributed by atoms with Gasteiger partial charge in [-0.3, -0.25) is 4.79 Å². The summed E-state index contributed by atoms with van der Waals surface area (Å²) in [4.78, 5) is 20.2. The van der Waals surface area contributed by atoms with Gasteiger partial charge in [0.15, 0.2) is 5.96 Å². The molecule has 5 nitrogen and oxygen atoms in total. The molecule has 0 spiro atoms. The number of amides is 1. The Morgan fingerprint density at radius 2 is 2.08 bits per heavy atom. The molecule has 1 unspecified atom stereocenters. The maximum absolute atomic E-state index is 11.9. The first-order valence-electron chi connectivity index (χ1n) is 8.87. The highest BCUT2D eigenvalue weighted by molar-refractivity contribution is 5.85. The van der Waals surface area contributed by atoms with E-state index in [9.17, 15) is 4.79 Å². The average molecular weight is 342 g/mol. The minimum absolute atomic E-state index is 0.00894. The van der Waals surface area contributed by atoms with Crippen molar-refractivity contribution in [2.24, 2.45) is 10.9 Å². The van der Waals surface area contributed by atoms with E-state index in [1.165, 1.54) is 5.56 Å². The van der Waals surface area contributed by atoms with Crippen LogP contribution in [0.2, 0.25) is 0 Å². The van der Waals surface area contributed by atoms with Crippen LogP contribution in [-0.4, -0.2) is 61.9 Å². The van der Waals surface area contributed by atoms with Crippen LogP contribution in [0.15, 0.2) is 47.5 Å². The highest BCUT2D eigenvalue weighted by atomic mass is 16.2. The summed E-state index contributed by atoms with van der Waals surface area (Å²) < 4.78 is 0. The number of carbonyl (C=O) groups is 1. The maximum Gasteiger partial charge on any atom is 0.243 e. The fourth-order valence-electron chi connectivity index (χ4n) is 2.92. The van der Waals surface area contributed by atoms with Crippen LogP contribution in [-0.2, 0) is 11.2 Å². The number of nitrogens with zero attached hydrogens (tertiary/aromatic N) is 3. The zero-order chi connectivity index (χ0) is 18.2. The molecule has 1 fully saturated rings. The largest absolute Gasteiger partial charge is 0.353 e. The number of guanidine groups is 1. The molecule has 0 aliphatic carbocycles. The summed E-state index contributed by atoms with van der Waals surface area (Å²) in [5.74, 6) is 1.44. The van der Waals surface area contributed by atoms with E-state index in [1.807, 2.05) is 6.92 Å². The van der Waals surface area contributed by atoms with Crippen molar-refractivity contribution >= 4 is 11.9 Å². The van der Waals surface area contributed by atoms with E-state index in [-0.39, 0.29) is 12.5 Å².